The van der Waals surface area contributed by atoms with Crippen molar-refractivity contribution in [2.45, 2.75) is 58.3 Å². The summed E-state index contributed by atoms with van der Waals surface area (Å²) in [6.45, 7) is 11.5. The van der Waals surface area contributed by atoms with Crippen LogP contribution >= 0.6 is 0 Å². The molecule has 2 saturated heterocycles. The van der Waals surface area contributed by atoms with Crippen LogP contribution < -0.4 is 5.32 Å². The van der Waals surface area contributed by atoms with Crippen LogP contribution in [0.15, 0.2) is 0 Å². The smallest absolute Gasteiger partial charge is 0.0706 e. The number of ether oxygens (including phenoxy) is 1. The van der Waals surface area contributed by atoms with E-state index in [1.165, 1.54) is 32.4 Å². The van der Waals surface area contributed by atoms with Crippen LogP contribution in [-0.4, -0.2) is 49.3 Å². The first kappa shape index (κ1) is 13.3. The molecule has 0 spiro atoms. The second-order valence-corrected chi connectivity index (χ2v) is 6.19. The molecule has 0 aliphatic carbocycles. The van der Waals surface area contributed by atoms with Crippen LogP contribution in [0.2, 0.25) is 0 Å². The Hall–Kier alpha value is -0.120. The Kier molecular flexibility index (Phi) is 4.83. The maximum absolute atomic E-state index is 5.92. The van der Waals surface area contributed by atoms with Crippen molar-refractivity contribution in [1.29, 1.82) is 0 Å². The van der Waals surface area contributed by atoms with E-state index in [0.717, 1.165) is 19.0 Å². The number of piperazine rings is 1. The van der Waals surface area contributed by atoms with Gasteiger partial charge in [-0.25, -0.2) is 0 Å². The molecule has 0 aromatic carbocycles. The molecule has 3 atom stereocenters. The van der Waals surface area contributed by atoms with E-state index in [1.807, 2.05) is 0 Å². The van der Waals surface area contributed by atoms with Crippen molar-refractivity contribution in [3.05, 3.63) is 0 Å². The minimum atomic E-state index is 0.481. The molecule has 2 heterocycles. The van der Waals surface area contributed by atoms with Crippen molar-refractivity contribution in [2.75, 3.05) is 26.2 Å². The normalized spacial score (nSPS) is 35.6. The highest BCUT2D eigenvalue weighted by Crippen LogP contribution is 2.20. The number of rotatable bonds is 4. The highest BCUT2D eigenvalue weighted by Gasteiger charge is 2.26. The van der Waals surface area contributed by atoms with Gasteiger partial charge < -0.3 is 10.1 Å². The van der Waals surface area contributed by atoms with Gasteiger partial charge in [0.2, 0.25) is 0 Å². The van der Waals surface area contributed by atoms with Crippen molar-refractivity contribution in [3.8, 4) is 0 Å². The summed E-state index contributed by atoms with van der Waals surface area (Å²) >= 11 is 0. The Morgan fingerprint density at radius 2 is 2.18 bits per heavy atom. The summed E-state index contributed by atoms with van der Waals surface area (Å²) in [6, 6.07) is 0.683. The molecule has 0 aromatic rings. The zero-order chi connectivity index (χ0) is 12.3. The lowest BCUT2D eigenvalue weighted by Gasteiger charge is -2.35. The monoisotopic (exact) mass is 240 g/mol. The first-order valence-corrected chi connectivity index (χ1v) is 7.24. The fourth-order valence-corrected chi connectivity index (χ4v) is 3.09. The van der Waals surface area contributed by atoms with Crippen LogP contribution in [0.1, 0.15) is 40.0 Å². The van der Waals surface area contributed by atoms with Gasteiger partial charge in [-0.3, -0.25) is 4.90 Å². The Labute approximate surface area is 106 Å². The summed E-state index contributed by atoms with van der Waals surface area (Å²) < 4.78 is 5.92. The third-order valence-corrected chi connectivity index (χ3v) is 3.88. The second-order valence-electron chi connectivity index (χ2n) is 6.19. The number of hydrogen-bond acceptors (Lipinski definition) is 3. The molecule has 2 rings (SSSR count). The molecule has 2 aliphatic heterocycles. The standard InChI is InChI=1S/C14H28N2O/c1-11(2)8-13-9-16(7-6-15-13)10-14-5-4-12(3)17-14/h11-15H,4-10H2,1-3H3. The highest BCUT2D eigenvalue weighted by molar-refractivity contribution is 4.82. The van der Waals surface area contributed by atoms with Gasteiger partial charge in [0.15, 0.2) is 0 Å². The molecule has 2 aliphatic rings. The van der Waals surface area contributed by atoms with Gasteiger partial charge >= 0.3 is 0 Å². The van der Waals surface area contributed by atoms with Gasteiger partial charge in [-0.2, -0.15) is 0 Å². The lowest BCUT2D eigenvalue weighted by Crippen LogP contribution is -2.52. The van der Waals surface area contributed by atoms with E-state index in [-0.39, 0.29) is 0 Å². The van der Waals surface area contributed by atoms with Crippen molar-refractivity contribution in [1.82, 2.24) is 10.2 Å². The first-order chi connectivity index (χ1) is 8.13. The molecule has 100 valence electrons. The molecule has 0 saturated carbocycles. The molecular weight excluding hydrogens is 212 g/mol. The maximum Gasteiger partial charge on any atom is 0.0706 e. The second kappa shape index (κ2) is 6.17. The highest BCUT2D eigenvalue weighted by atomic mass is 16.5. The van der Waals surface area contributed by atoms with Gasteiger partial charge in [0.25, 0.3) is 0 Å². The van der Waals surface area contributed by atoms with E-state index in [2.05, 4.69) is 31.0 Å². The summed E-state index contributed by atoms with van der Waals surface area (Å²) in [5.74, 6) is 0.787. The SMILES string of the molecule is CC(C)CC1CN(CC2CCC(C)O2)CCN1. The van der Waals surface area contributed by atoms with E-state index in [0.29, 0.717) is 18.2 Å². The Bertz CT molecular complexity index is 232. The molecular formula is C14H28N2O. The molecule has 0 aromatic heterocycles. The van der Waals surface area contributed by atoms with Crippen LogP contribution in [-0.2, 0) is 4.74 Å². The zero-order valence-corrected chi connectivity index (χ0v) is 11.6. The molecule has 1 N–H and O–H groups in total. The first-order valence-electron chi connectivity index (χ1n) is 7.24. The molecule has 0 bridgehead atoms. The van der Waals surface area contributed by atoms with E-state index in [9.17, 15) is 0 Å². The van der Waals surface area contributed by atoms with Gasteiger partial charge in [0.1, 0.15) is 0 Å². The van der Waals surface area contributed by atoms with Crippen molar-refractivity contribution < 1.29 is 4.74 Å². The number of hydrogen-bond donors (Lipinski definition) is 1. The lowest BCUT2D eigenvalue weighted by molar-refractivity contribution is 0.0246. The molecule has 0 amide bonds. The zero-order valence-electron chi connectivity index (χ0n) is 11.6. The molecule has 17 heavy (non-hydrogen) atoms. The van der Waals surface area contributed by atoms with Gasteiger partial charge in [-0.05, 0) is 32.1 Å². The Morgan fingerprint density at radius 3 is 2.82 bits per heavy atom. The average Bonchev–Trinajstić information content (AvgIpc) is 2.63. The van der Waals surface area contributed by atoms with Gasteiger partial charge in [-0.15, -0.1) is 0 Å². The van der Waals surface area contributed by atoms with Gasteiger partial charge in [0, 0.05) is 32.2 Å². The van der Waals surface area contributed by atoms with Crippen LogP contribution in [0.4, 0.5) is 0 Å². The van der Waals surface area contributed by atoms with Crippen LogP contribution in [0.3, 0.4) is 0 Å². The number of nitrogens with one attached hydrogen (secondary N) is 1. The largest absolute Gasteiger partial charge is 0.374 e. The minimum absolute atomic E-state index is 0.481. The summed E-state index contributed by atoms with van der Waals surface area (Å²) in [5, 5.41) is 3.63. The van der Waals surface area contributed by atoms with E-state index >= 15 is 0 Å². The van der Waals surface area contributed by atoms with Crippen LogP contribution in [0.25, 0.3) is 0 Å². The fourth-order valence-electron chi connectivity index (χ4n) is 3.09. The Morgan fingerprint density at radius 1 is 1.35 bits per heavy atom. The average molecular weight is 240 g/mol. The predicted octanol–water partition coefficient (Wildman–Crippen LogP) is 1.87. The molecule has 0 radical (unpaired) electrons. The number of nitrogens with zero attached hydrogens (tertiary/aromatic N) is 1. The molecule has 2 fully saturated rings. The summed E-state index contributed by atoms with van der Waals surface area (Å²) in [5.41, 5.74) is 0. The summed E-state index contributed by atoms with van der Waals surface area (Å²) in [6.07, 6.45) is 4.75. The topological polar surface area (TPSA) is 24.5 Å². The van der Waals surface area contributed by atoms with Crippen molar-refractivity contribution in [2.24, 2.45) is 5.92 Å². The maximum atomic E-state index is 5.92. The van der Waals surface area contributed by atoms with Gasteiger partial charge in [-0.1, -0.05) is 13.8 Å². The van der Waals surface area contributed by atoms with Crippen LogP contribution in [0.5, 0.6) is 0 Å². The third kappa shape index (κ3) is 4.23. The summed E-state index contributed by atoms with van der Waals surface area (Å²) in [7, 11) is 0. The van der Waals surface area contributed by atoms with E-state index in [4.69, 9.17) is 4.74 Å². The third-order valence-electron chi connectivity index (χ3n) is 3.88. The van der Waals surface area contributed by atoms with Crippen LogP contribution in [0, 0.1) is 5.92 Å². The molecule has 3 unspecified atom stereocenters. The quantitative estimate of drug-likeness (QED) is 0.812. The predicted molar refractivity (Wildman–Crippen MR) is 71.3 cm³/mol. The van der Waals surface area contributed by atoms with E-state index < -0.39 is 0 Å². The van der Waals surface area contributed by atoms with E-state index in [1.54, 1.807) is 0 Å². The fraction of sp³-hybridized carbons (Fsp3) is 1.00. The lowest BCUT2D eigenvalue weighted by atomic mass is 10.0. The summed E-state index contributed by atoms with van der Waals surface area (Å²) in [4.78, 5) is 2.59. The minimum Gasteiger partial charge on any atom is -0.374 e. The van der Waals surface area contributed by atoms with Gasteiger partial charge in [0.05, 0.1) is 12.2 Å². The van der Waals surface area contributed by atoms with Crippen molar-refractivity contribution >= 4 is 0 Å². The Balaban J connectivity index is 1.73. The molecule has 3 heteroatoms. The molecule has 3 nitrogen and oxygen atoms in total. The van der Waals surface area contributed by atoms with Crippen molar-refractivity contribution in [3.63, 3.8) is 0 Å².